The van der Waals surface area contributed by atoms with Gasteiger partial charge in [0.2, 0.25) is 0 Å². The minimum absolute atomic E-state index is 0.690. The molecule has 0 bridgehead atoms. The third-order valence-electron chi connectivity index (χ3n) is 3.52. The predicted octanol–water partition coefficient (Wildman–Crippen LogP) is 2.16. The summed E-state index contributed by atoms with van der Waals surface area (Å²) in [5.41, 5.74) is 0. The number of anilines is 2. The Labute approximate surface area is 115 Å². The molecule has 0 radical (unpaired) electrons. The van der Waals surface area contributed by atoms with Crippen LogP contribution >= 0.6 is 0 Å². The minimum atomic E-state index is 0.690. The molecule has 1 N–H and O–H groups in total. The summed E-state index contributed by atoms with van der Waals surface area (Å²) in [6.07, 6.45) is 7.07. The van der Waals surface area contributed by atoms with Crippen molar-refractivity contribution in [2.45, 2.75) is 26.2 Å². The molecule has 106 valence electrons. The van der Waals surface area contributed by atoms with E-state index < -0.39 is 0 Å². The Morgan fingerprint density at radius 2 is 2.16 bits per heavy atom. The second-order valence-electron chi connectivity index (χ2n) is 5.08. The summed E-state index contributed by atoms with van der Waals surface area (Å²) in [4.78, 5) is 11.2. The summed E-state index contributed by atoms with van der Waals surface area (Å²) < 4.78 is 5.23. The van der Waals surface area contributed by atoms with E-state index in [0.29, 0.717) is 5.92 Å². The van der Waals surface area contributed by atoms with Crippen molar-refractivity contribution in [3.8, 4) is 0 Å². The molecule has 1 fully saturated rings. The number of ether oxygens (including phenoxy) is 1. The number of piperidine rings is 1. The quantitative estimate of drug-likeness (QED) is 0.853. The van der Waals surface area contributed by atoms with Crippen LogP contribution in [0.1, 0.15) is 26.2 Å². The van der Waals surface area contributed by atoms with Crippen molar-refractivity contribution in [3.63, 3.8) is 0 Å². The highest BCUT2D eigenvalue weighted by atomic mass is 16.5. The molecule has 1 aliphatic heterocycles. The topological polar surface area (TPSA) is 50.3 Å². The number of methoxy groups -OCH3 is 1. The van der Waals surface area contributed by atoms with Crippen molar-refractivity contribution >= 4 is 11.6 Å². The fourth-order valence-corrected chi connectivity index (χ4v) is 2.41. The van der Waals surface area contributed by atoms with E-state index in [-0.39, 0.29) is 0 Å². The maximum absolute atomic E-state index is 5.23. The SMILES string of the molecule is CCCNc1cncc(N2CCC(COC)CC2)n1. The molecule has 0 aromatic carbocycles. The molecule has 0 amide bonds. The first-order valence-corrected chi connectivity index (χ1v) is 7.13. The summed E-state index contributed by atoms with van der Waals surface area (Å²) in [5.74, 6) is 2.55. The Morgan fingerprint density at radius 1 is 1.37 bits per heavy atom. The number of nitrogens with one attached hydrogen (secondary N) is 1. The number of aromatic nitrogens is 2. The molecule has 1 saturated heterocycles. The predicted molar refractivity (Wildman–Crippen MR) is 77.6 cm³/mol. The van der Waals surface area contributed by atoms with E-state index in [4.69, 9.17) is 4.74 Å². The smallest absolute Gasteiger partial charge is 0.149 e. The third kappa shape index (κ3) is 4.06. The van der Waals surface area contributed by atoms with Gasteiger partial charge in [0.25, 0.3) is 0 Å². The first-order chi connectivity index (χ1) is 9.33. The Balaban J connectivity index is 1.91. The largest absolute Gasteiger partial charge is 0.384 e. The molecule has 0 spiro atoms. The van der Waals surface area contributed by atoms with Crippen LogP contribution < -0.4 is 10.2 Å². The molecule has 1 aromatic heterocycles. The molecule has 0 saturated carbocycles. The number of nitrogens with zero attached hydrogens (tertiary/aromatic N) is 3. The van der Waals surface area contributed by atoms with Gasteiger partial charge in [-0.25, -0.2) is 4.98 Å². The van der Waals surface area contributed by atoms with Crippen LogP contribution in [0.5, 0.6) is 0 Å². The van der Waals surface area contributed by atoms with Crippen LogP contribution in [0, 0.1) is 5.92 Å². The zero-order chi connectivity index (χ0) is 13.5. The molecule has 0 unspecified atom stereocenters. The van der Waals surface area contributed by atoms with E-state index in [1.54, 1.807) is 13.3 Å². The average Bonchev–Trinajstić information content (AvgIpc) is 2.46. The van der Waals surface area contributed by atoms with Gasteiger partial charge in [-0.1, -0.05) is 6.92 Å². The summed E-state index contributed by atoms with van der Waals surface area (Å²) >= 11 is 0. The van der Waals surface area contributed by atoms with Crippen LogP contribution in [0.15, 0.2) is 12.4 Å². The average molecular weight is 264 g/mol. The van der Waals surface area contributed by atoms with E-state index >= 15 is 0 Å². The van der Waals surface area contributed by atoms with Crippen LogP contribution in [-0.2, 0) is 4.74 Å². The summed E-state index contributed by atoms with van der Waals surface area (Å²) in [6, 6.07) is 0. The Kier molecular flexibility index (Phi) is 5.39. The molecule has 1 aromatic rings. The van der Waals surface area contributed by atoms with Gasteiger partial charge in [0.05, 0.1) is 12.4 Å². The lowest BCUT2D eigenvalue weighted by molar-refractivity contribution is 0.139. The third-order valence-corrected chi connectivity index (χ3v) is 3.52. The molecular weight excluding hydrogens is 240 g/mol. The van der Waals surface area contributed by atoms with Crippen LogP contribution in [-0.4, -0.2) is 43.3 Å². The fourth-order valence-electron chi connectivity index (χ4n) is 2.41. The Hall–Kier alpha value is -1.36. The van der Waals surface area contributed by atoms with Crippen molar-refractivity contribution in [1.82, 2.24) is 9.97 Å². The maximum Gasteiger partial charge on any atom is 0.149 e. The Morgan fingerprint density at radius 3 is 2.84 bits per heavy atom. The standard InChI is InChI=1S/C14H24N4O/c1-3-6-16-13-9-15-10-14(17-13)18-7-4-12(5-8-18)11-19-2/h9-10,12H,3-8,11H2,1-2H3,(H,16,17). The molecule has 5 heteroatoms. The monoisotopic (exact) mass is 264 g/mol. The van der Waals surface area contributed by atoms with Crippen molar-refractivity contribution in [2.24, 2.45) is 5.92 Å². The molecule has 2 rings (SSSR count). The summed E-state index contributed by atoms with van der Waals surface area (Å²) in [5, 5.41) is 3.28. The van der Waals surface area contributed by atoms with Gasteiger partial charge in [-0.05, 0) is 25.2 Å². The van der Waals surface area contributed by atoms with E-state index in [0.717, 1.165) is 44.3 Å². The second-order valence-corrected chi connectivity index (χ2v) is 5.08. The van der Waals surface area contributed by atoms with Gasteiger partial charge >= 0.3 is 0 Å². The molecular formula is C14H24N4O. The minimum Gasteiger partial charge on any atom is -0.384 e. The fraction of sp³-hybridized carbons (Fsp3) is 0.714. The number of rotatable bonds is 6. The van der Waals surface area contributed by atoms with Crippen LogP contribution in [0.25, 0.3) is 0 Å². The lowest BCUT2D eigenvalue weighted by Gasteiger charge is -2.32. The van der Waals surface area contributed by atoms with Crippen molar-refractivity contribution in [1.29, 1.82) is 0 Å². The first-order valence-electron chi connectivity index (χ1n) is 7.13. The van der Waals surface area contributed by atoms with E-state index in [2.05, 4.69) is 27.1 Å². The van der Waals surface area contributed by atoms with Gasteiger partial charge in [0, 0.05) is 33.4 Å². The van der Waals surface area contributed by atoms with Gasteiger partial charge in [0.1, 0.15) is 11.6 Å². The summed E-state index contributed by atoms with van der Waals surface area (Å²) in [6.45, 7) is 6.04. The van der Waals surface area contributed by atoms with Crippen molar-refractivity contribution < 1.29 is 4.74 Å². The maximum atomic E-state index is 5.23. The van der Waals surface area contributed by atoms with Gasteiger partial charge in [-0.2, -0.15) is 0 Å². The molecule has 2 heterocycles. The lowest BCUT2D eigenvalue weighted by atomic mass is 9.98. The second kappa shape index (κ2) is 7.28. The number of hydrogen-bond donors (Lipinski definition) is 1. The molecule has 1 aliphatic rings. The van der Waals surface area contributed by atoms with E-state index in [9.17, 15) is 0 Å². The van der Waals surface area contributed by atoms with Crippen LogP contribution in [0.3, 0.4) is 0 Å². The van der Waals surface area contributed by atoms with Crippen LogP contribution in [0.4, 0.5) is 11.6 Å². The van der Waals surface area contributed by atoms with E-state index in [1.165, 1.54) is 12.8 Å². The zero-order valence-electron chi connectivity index (χ0n) is 11.9. The molecule has 19 heavy (non-hydrogen) atoms. The highest BCUT2D eigenvalue weighted by molar-refractivity contribution is 5.44. The van der Waals surface area contributed by atoms with Gasteiger partial charge in [-0.3, -0.25) is 4.98 Å². The Bertz CT molecular complexity index is 377. The lowest BCUT2D eigenvalue weighted by Crippen LogP contribution is -2.35. The first kappa shape index (κ1) is 14.1. The normalized spacial score (nSPS) is 16.6. The summed E-state index contributed by atoms with van der Waals surface area (Å²) in [7, 11) is 1.78. The van der Waals surface area contributed by atoms with Crippen molar-refractivity contribution in [3.05, 3.63) is 12.4 Å². The highest BCUT2D eigenvalue weighted by Crippen LogP contribution is 2.22. The molecule has 0 atom stereocenters. The number of hydrogen-bond acceptors (Lipinski definition) is 5. The van der Waals surface area contributed by atoms with E-state index in [1.807, 2.05) is 6.20 Å². The van der Waals surface area contributed by atoms with Crippen molar-refractivity contribution in [2.75, 3.05) is 43.6 Å². The molecule has 0 aliphatic carbocycles. The molecule has 5 nitrogen and oxygen atoms in total. The zero-order valence-corrected chi connectivity index (χ0v) is 11.9. The van der Waals surface area contributed by atoms with Gasteiger partial charge in [-0.15, -0.1) is 0 Å². The van der Waals surface area contributed by atoms with Gasteiger partial charge < -0.3 is 15.0 Å². The van der Waals surface area contributed by atoms with Gasteiger partial charge in [0.15, 0.2) is 0 Å². The highest BCUT2D eigenvalue weighted by Gasteiger charge is 2.20. The van der Waals surface area contributed by atoms with Crippen LogP contribution in [0.2, 0.25) is 0 Å².